The molecule has 1 aromatic rings. The highest BCUT2D eigenvalue weighted by Crippen LogP contribution is 2.19. The lowest BCUT2D eigenvalue weighted by molar-refractivity contribution is 0.0879. The zero-order valence-electron chi connectivity index (χ0n) is 9.56. The zero-order chi connectivity index (χ0) is 11.4. The molecule has 6 heteroatoms. The van der Waals surface area contributed by atoms with Crippen LogP contribution in [0.4, 0.5) is 6.01 Å². The van der Waals surface area contributed by atoms with Crippen molar-refractivity contribution >= 4 is 6.01 Å². The summed E-state index contributed by atoms with van der Waals surface area (Å²) >= 11 is 0. The van der Waals surface area contributed by atoms with Gasteiger partial charge in [-0.15, -0.1) is 5.10 Å². The molecule has 2 N–H and O–H groups in total. The van der Waals surface area contributed by atoms with Crippen LogP contribution >= 0.6 is 0 Å². The predicted octanol–water partition coefficient (Wildman–Crippen LogP) is 0.186. The van der Waals surface area contributed by atoms with Gasteiger partial charge in [-0.25, -0.2) is 0 Å². The first kappa shape index (κ1) is 11.3. The van der Waals surface area contributed by atoms with E-state index in [4.69, 9.17) is 14.9 Å². The third kappa shape index (κ3) is 2.51. The van der Waals surface area contributed by atoms with Crippen molar-refractivity contribution in [1.29, 1.82) is 0 Å². The van der Waals surface area contributed by atoms with Crippen molar-refractivity contribution < 1.29 is 9.15 Å². The summed E-state index contributed by atoms with van der Waals surface area (Å²) in [4.78, 5) is 2.07. The van der Waals surface area contributed by atoms with Crippen LogP contribution in [0, 0.1) is 0 Å². The van der Waals surface area contributed by atoms with Gasteiger partial charge in [0.15, 0.2) is 0 Å². The lowest BCUT2D eigenvalue weighted by Gasteiger charge is -2.30. The fourth-order valence-corrected chi connectivity index (χ4v) is 1.90. The van der Waals surface area contributed by atoms with Crippen LogP contribution in [0.1, 0.15) is 18.7 Å². The minimum absolute atomic E-state index is 0.263. The standard InChI is InChI=1S/C10H18N4O2/c1-15-8-3-2-6-14(7-8)10-13-12-9(16-10)4-5-11/h8H,2-7,11H2,1H3. The minimum Gasteiger partial charge on any atom is -0.408 e. The topological polar surface area (TPSA) is 77.4 Å². The maximum absolute atomic E-state index is 5.52. The largest absolute Gasteiger partial charge is 0.408 e. The lowest BCUT2D eigenvalue weighted by Crippen LogP contribution is -2.39. The molecule has 0 saturated carbocycles. The van der Waals surface area contributed by atoms with Crippen LogP contribution in [0.5, 0.6) is 0 Å². The molecular weight excluding hydrogens is 208 g/mol. The number of hydrogen-bond acceptors (Lipinski definition) is 6. The van der Waals surface area contributed by atoms with E-state index in [0.717, 1.165) is 25.9 Å². The number of aromatic nitrogens is 2. The van der Waals surface area contributed by atoms with Crippen molar-refractivity contribution in [2.75, 3.05) is 31.6 Å². The van der Waals surface area contributed by atoms with E-state index in [2.05, 4.69) is 15.1 Å². The Kier molecular flexibility index (Phi) is 3.74. The molecule has 6 nitrogen and oxygen atoms in total. The van der Waals surface area contributed by atoms with Gasteiger partial charge >= 0.3 is 6.01 Å². The highest BCUT2D eigenvalue weighted by Gasteiger charge is 2.23. The molecule has 0 aliphatic carbocycles. The van der Waals surface area contributed by atoms with Crippen molar-refractivity contribution in [2.45, 2.75) is 25.4 Å². The number of rotatable bonds is 4. The van der Waals surface area contributed by atoms with Crippen molar-refractivity contribution in [1.82, 2.24) is 10.2 Å². The van der Waals surface area contributed by atoms with Gasteiger partial charge in [0, 0.05) is 33.2 Å². The van der Waals surface area contributed by atoms with Crippen LogP contribution in [-0.2, 0) is 11.2 Å². The van der Waals surface area contributed by atoms with Gasteiger partial charge in [0.1, 0.15) is 0 Å². The van der Waals surface area contributed by atoms with Crippen LogP contribution in [0.2, 0.25) is 0 Å². The molecule has 0 amide bonds. The van der Waals surface area contributed by atoms with E-state index >= 15 is 0 Å². The summed E-state index contributed by atoms with van der Waals surface area (Å²) in [7, 11) is 1.74. The first-order valence-corrected chi connectivity index (χ1v) is 5.63. The van der Waals surface area contributed by atoms with E-state index in [1.807, 2.05) is 0 Å². The normalized spacial score (nSPS) is 21.4. The van der Waals surface area contributed by atoms with Gasteiger partial charge in [-0.2, -0.15) is 0 Å². The van der Waals surface area contributed by atoms with Crippen LogP contribution in [-0.4, -0.2) is 43.0 Å². The zero-order valence-corrected chi connectivity index (χ0v) is 9.56. The molecule has 1 aliphatic heterocycles. The highest BCUT2D eigenvalue weighted by atomic mass is 16.5. The second kappa shape index (κ2) is 5.27. The Bertz CT molecular complexity index is 328. The lowest BCUT2D eigenvalue weighted by atomic mass is 10.1. The third-order valence-electron chi connectivity index (χ3n) is 2.80. The molecule has 2 heterocycles. The number of piperidine rings is 1. The number of hydrogen-bond donors (Lipinski definition) is 1. The summed E-state index contributed by atoms with van der Waals surface area (Å²) in [5.74, 6) is 0.608. The molecule has 16 heavy (non-hydrogen) atoms. The van der Waals surface area contributed by atoms with E-state index < -0.39 is 0 Å². The third-order valence-corrected chi connectivity index (χ3v) is 2.80. The van der Waals surface area contributed by atoms with E-state index in [9.17, 15) is 0 Å². The van der Waals surface area contributed by atoms with E-state index in [0.29, 0.717) is 24.9 Å². The smallest absolute Gasteiger partial charge is 0.318 e. The van der Waals surface area contributed by atoms with Gasteiger partial charge in [0.25, 0.3) is 0 Å². The quantitative estimate of drug-likeness (QED) is 0.789. The summed E-state index contributed by atoms with van der Waals surface area (Å²) < 4.78 is 10.9. The van der Waals surface area contributed by atoms with Crippen LogP contribution in [0.25, 0.3) is 0 Å². The first-order chi connectivity index (χ1) is 7.83. The minimum atomic E-state index is 0.263. The van der Waals surface area contributed by atoms with E-state index in [-0.39, 0.29) is 6.10 Å². The van der Waals surface area contributed by atoms with Crippen LogP contribution < -0.4 is 10.6 Å². The van der Waals surface area contributed by atoms with Gasteiger partial charge in [-0.1, -0.05) is 5.10 Å². The van der Waals surface area contributed by atoms with Gasteiger partial charge in [-0.05, 0) is 12.8 Å². The van der Waals surface area contributed by atoms with Crippen molar-refractivity contribution in [3.63, 3.8) is 0 Å². The second-order valence-electron chi connectivity index (χ2n) is 3.96. The number of nitrogens with zero attached hydrogens (tertiary/aromatic N) is 3. The number of nitrogens with two attached hydrogens (primary N) is 1. The maximum atomic E-state index is 5.52. The van der Waals surface area contributed by atoms with E-state index in [1.165, 1.54) is 0 Å². The summed E-state index contributed by atoms with van der Waals surface area (Å²) in [6.45, 7) is 2.30. The SMILES string of the molecule is COC1CCCN(c2nnc(CCN)o2)C1. The molecule has 2 rings (SSSR count). The summed E-state index contributed by atoms with van der Waals surface area (Å²) in [5.41, 5.74) is 5.43. The molecule has 1 fully saturated rings. The summed E-state index contributed by atoms with van der Waals surface area (Å²) in [6, 6.07) is 0.588. The Hall–Kier alpha value is -1.14. The molecular formula is C10H18N4O2. The summed E-state index contributed by atoms with van der Waals surface area (Å²) in [6.07, 6.45) is 3.08. The summed E-state index contributed by atoms with van der Waals surface area (Å²) in [5, 5.41) is 7.98. The van der Waals surface area contributed by atoms with Gasteiger partial charge < -0.3 is 19.8 Å². The van der Waals surface area contributed by atoms with Crippen LogP contribution in [0.15, 0.2) is 4.42 Å². The fraction of sp³-hybridized carbons (Fsp3) is 0.800. The van der Waals surface area contributed by atoms with Crippen molar-refractivity contribution in [3.8, 4) is 0 Å². The Balaban J connectivity index is 1.99. The average Bonchev–Trinajstić information content (AvgIpc) is 2.78. The highest BCUT2D eigenvalue weighted by molar-refractivity contribution is 5.25. The maximum Gasteiger partial charge on any atom is 0.318 e. The molecule has 1 unspecified atom stereocenters. The van der Waals surface area contributed by atoms with E-state index in [1.54, 1.807) is 7.11 Å². The molecule has 0 bridgehead atoms. The molecule has 90 valence electrons. The molecule has 0 aromatic carbocycles. The van der Waals surface area contributed by atoms with Crippen LogP contribution in [0.3, 0.4) is 0 Å². The molecule has 1 saturated heterocycles. The molecule has 1 aliphatic rings. The number of methoxy groups -OCH3 is 1. The number of ether oxygens (including phenoxy) is 1. The molecule has 1 aromatic heterocycles. The second-order valence-corrected chi connectivity index (χ2v) is 3.96. The molecule has 1 atom stereocenters. The van der Waals surface area contributed by atoms with Crippen molar-refractivity contribution in [2.24, 2.45) is 5.73 Å². The van der Waals surface area contributed by atoms with Gasteiger partial charge in [0.2, 0.25) is 5.89 Å². The Morgan fingerprint density at radius 3 is 3.19 bits per heavy atom. The van der Waals surface area contributed by atoms with Crippen molar-refractivity contribution in [3.05, 3.63) is 5.89 Å². The number of anilines is 1. The molecule has 0 radical (unpaired) electrons. The Labute approximate surface area is 94.8 Å². The average molecular weight is 226 g/mol. The Morgan fingerprint density at radius 1 is 1.56 bits per heavy atom. The van der Waals surface area contributed by atoms with Gasteiger partial charge in [0.05, 0.1) is 6.10 Å². The fourth-order valence-electron chi connectivity index (χ4n) is 1.90. The predicted molar refractivity (Wildman–Crippen MR) is 59.3 cm³/mol. The van der Waals surface area contributed by atoms with Gasteiger partial charge in [-0.3, -0.25) is 0 Å². The molecule has 0 spiro atoms. The Morgan fingerprint density at radius 2 is 2.44 bits per heavy atom. The monoisotopic (exact) mass is 226 g/mol. The first-order valence-electron chi connectivity index (χ1n) is 5.63.